The highest BCUT2D eigenvalue weighted by molar-refractivity contribution is 6.42. The molecule has 0 saturated heterocycles. The SMILES string of the molecule is CCOC(=O)C1=C(COCCOCCNCc2ccnc3ccccc23)N=C(C)C(C(=O)OC)C1c1cccc(Cl)c1Cl. The largest absolute Gasteiger partial charge is 0.468 e. The zero-order valence-corrected chi connectivity index (χ0v) is 25.9. The van der Waals surface area contributed by atoms with Crippen LogP contribution in [0.25, 0.3) is 10.9 Å². The van der Waals surface area contributed by atoms with Gasteiger partial charge in [0, 0.05) is 36.3 Å². The molecule has 1 aromatic heterocycles. The molecule has 0 bridgehead atoms. The van der Waals surface area contributed by atoms with Crippen molar-refractivity contribution in [3.8, 4) is 0 Å². The van der Waals surface area contributed by atoms with Crippen LogP contribution in [0.3, 0.4) is 0 Å². The quantitative estimate of drug-likeness (QED) is 0.184. The molecule has 2 atom stereocenters. The number of hydrogen-bond acceptors (Lipinski definition) is 9. The van der Waals surface area contributed by atoms with E-state index in [0.29, 0.717) is 48.3 Å². The molecule has 11 heteroatoms. The van der Waals surface area contributed by atoms with E-state index in [0.717, 1.165) is 10.9 Å². The number of halogens is 2. The van der Waals surface area contributed by atoms with Gasteiger partial charge in [0.25, 0.3) is 0 Å². The van der Waals surface area contributed by atoms with Crippen LogP contribution < -0.4 is 5.32 Å². The standard InChI is InChI=1S/C32H35Cl2N3O6/c1-4-43-32(39)29-26(37-20(2)27(31(38)40-3)28(29)23-9-7-10-24(33)30(23)34)19-42-17-16-41-15-14-35-18-21-12-13-36-25-11-6-5-8-22(21)25/h5-13,27-28,35H,4,14-19H2,1-3H3. The van der Waals surface area contributed by atoms with Crippen molar-refractivity contribution in [1.29, 1.82) is 0 Å². The summed E-state index contributed by atoms with van der Waals surface area (Å²) in [5.41, 5.74) is 3.63. The summed E-state index contributed by atoms with van der Waals surface area (Å²) in [6.45, 7) is 6.03. The Balaban J connectivity index is 1.38. The van der Waals surface area contributed by atoms with Crippen molar-refractivity contribution < 1.29 is 28.5 Å². The van der Waals surface area contributed by atoms with Gasteiger partial charge in [-0.05, 0) is 43.2 Å². The van der Waals surface area contributed by atoms with Gasteiger partial charge < -0.3 is 24.3 Å². The van der Waals surface area contributed by atoms with Crippen LogP contribution in [-0.4, -0.2) is 69.3 Å². The lowest BCUT2D eigenvalue weighted by atomic mass is 9.75. The van der Waals surface area contributed by atoms with E-state index in [-0.39, 0.29) is 30.4 Å². The third kappa shape index (κ3) is 7.99. The molecule has 2 aromatic carbocycles. The molecular weight excluding hydrogens is 593 g/mol. The molecular formula is C32H35Cl2N3O6. The number of ether oxygens (including phenoxy) is 4. The van der Waals surface area contributed by atoms with Gasteiger partial charge in [0.05, 0.1) is 67.0 Å². The van der Waals surface area contributed by atoms with Crippen LogP contribution >= 0.6 is 23.2 Å². The van der Waals surface area contributed by atoms with Crippen LogP contribution in [0.1, 0.15) is 30.9 Å². The van der Waals surface area contributed by atoms with Crippen molar-refractivity contribution >= 4 is 51.8 Å². The highest BCUT2D eigenvalue weighted by Gasteiger charge is 2.44. The van der Waals surface area contributed by atoms with Gasteiger partial charge in [-0.1, -0.05) is 53.5 Å². The van der Waals surface area contributed by atoms with Crippen LogP contribution in [0.4, 0.5) is 0 Å². The van der Waals surface area contributed by atoms with Crippen LogP contribution in [0.2, 0.25) is 10.0 Å². The first kappa shape index (κ1) is 32.6. The number of aliphatic imine (C=N–C) groups is 1. The fourth-order valence-electron chi connectivity index (χ4n) is 5.09. The zero-order chi connectivity index (χ0) is 30.8. The molecule has 2 heterocycles. The number of pyridine rings is 1. The van der Waals surface area contributed by atoms with Gasteiger partial charge in [-0.25, -0.2) is 4.79 Å². The molecule has 0 fully saturated rings. The van der Waals surface area contributed by atoms with Gasteiger partial charge >= 0.3 is 11.9 Å². The molecule has 1 N–H and O–H groups in total. The summed E-state index contributed by atoms with van der Waals surface area (Å²) >= 11 is 12.9. The third-order valence-electron chi connectivity index (χ3n) is 7.07. The smallest absolute Gasteiger partial charge is 0.336 e. The number of nitrogens with zero attached hydrogens (tertiary/aromatic N) is 2. The van der Waals surface area contributed by atoms with Crippen LogP contribution in [-0.2, 0) is 35.1 Å². The number of hydrogen-bond donors (Lipinski definition) is 1. The monoisotopic (exact) mass is 627 g/mol. The molecule has 1 aliphatic rings. The van der Waals surface area contributed by atoms with Crippen molar-refractivity contribution in [3.63, 3.8) is 0 Å². The fourth-order valence-corrected chi connectivity index (χ4v) is 5.51. The average Bonchev–Trinajstić information content (AvgIpc) is 3.01. The summed E-state index contributed by atoms with van der Waals surface area (Å²) in [7, 11) is 1.29. The molecule has 9 nitrogen and oxygen atoms in total. The lowest BCUT2D eigenvalue weighted by Crippen LogP contribution is -2.37. The van der Waals surface area contributed by atoms with Gasteiger partial charge in [0.1, 0.15) is 5.92 Å². The Bertz CT molecular complexity index is 1500. The maximum absolute atomic E-state index is 13.3. The van der Waals surface area contributed by atoms with Crippen molar-refractivity contribution in [1.82, 2.24) is 10.3 Å². The minimum Gasteiger partial charge on any atom is -0.468 e. The first-order chi connectivity index (χ1) is 20.9. The van der Waals surface area contributed by atoms with E-state index in [2.05, 4.69) is 21.4 Å². The lowest BCUT2D eigenvalue weighted by molar-refractivity contribution is -0.144. The Hall–Kier alpha value is -3.34. The Morgan fingerprint density at radius 3 is 2.58 bits per heavy atom. The van der Waals surface area contributed by atoms with Gasteiger partial charge in [-0.3, -0.25) is 14.8 Å². The number of benzene rings is 2. The van der Waals surface area contributed by atoms with Crippen LogP contribution in [0, 0.1) is 5.92 Å². The first-order valence-corrected chi connectivity index (χ1v) is 14.8. The molecule has 0 saturated carbocycles. The maximum Gasteiger partial charge on any atom is 0.336 e. The number of rotatable bonds is 14. The van der Waals surface area contributed by atoms with E-state index in [4.69, 9.17) is 42.1 Å². The second kappa shape index (κ2) is 15.9. The molecule has 4 rings (SSSR count). The average molecular weight is 629 g/mol. The van der Waals surface area contributed by atoms with Gasteiger partial charge in [0.15, 0.2) is 0 Å². The van der Waals surface area contributed by atoms with Crippen molar-refractivity contribution in [2.24, 2.45) is 10.9 Å². The Labute approximate surface area is 261 Å². The number of carbonyl (C=O) groups excluding carboxylic acids is 2. The van der Waals surface area contributed by atoms with Gasteiger partial charge in [-0.2, -0.15) is 0 Å². The molecule has 0 aliphatic carbocycles. The van der Waals surface area contributed by atoms with Crippen molar-refractivity contribution in [3.05, 3.63) is 87.2 Å². The second-order valence-electron chi connectivity index (χ2n) is 9.78. The lowest BCUT2D eigenvalue weighted by Gasteiger charge is -2.32. The summed E-state index contributed by atoms with van der Waals surface area (Å²) in [5.74, 6) is -2.89. The molecule has 228 valence electrons. The summed E-state index contributed by atoms with van der Waals surface area (Å²) in [6, 6.07) is 15.1. The minimum atomic E-state index is -0.898. The molecule has 0 spiro atoms. The second-order valence-corrected chi connectivity index (χ2v) is 10.6. The number of carbonyl (C=O) groups is 2. The number of esters is 2. The van der Waals surface area contributed by atoms with E-state index in [9.17, 15) is 9.59 Å². The maximum atomic E-state index is 13.3. The first-order valence-electron chi connectivity index (χ1n) is 14.0. The number of aromatic nitrogens is 1. The van der Waals surface area contributed by atoms with E-state index >= 15 is 0 Å². The van der Waals surface area contributed by atoms with Crippen LogP contribution in [0.5, 0.6) is 0 Å². The van der Waals surface area contributed by atoms with Crippen molar-refractivity contribution in [2.45, 2.75) is 26.3 Å². The number of methoxy groups -OCH3 is 1. The van der Waals surface area contributed by atoms with Gasteiger partial charge in [0.2, 0.25) is 0 Å². The van der Waals surface area contributed by atoms with E-state index in [1.165, 1.54) is 12.7 Å². The zero-order valence-electron chi connectivity index (χ0n) is 24.4. The Kier molecular flexibility index (Phi) is 12.1. The molecule has 0 amide bonds. The fraction of sp³-hybridized carbons (Fsp3) is 0.375. The summed E-state index contributed by atoms with van der Waals surface area (Å²) in [5, 5.41) is 5.05. The molecule has 43 heavy (non-hydrogen) atoms. The van der Waals surface area contributed by atoms with E-state index < -0.39 is 23.8 Å². The molecule has 1 aliphatic heterocycles. The number of fused-ring (bicyclic) bond motifs is 1. The normalized spacial score (nSPS) is 16.7. The Morgan fingerprint density at radius 1 is 1.00 bits per heavy atom. The van der Waals surface area contributed by atoms with Crippen molar-refractivity contribution in [2.75, 3.05) is 46.7 Å². The minimum absolute atomic E-state index is 0.00475. The number of nitrogens with one attached hydrogen (secondary N) is 1. The summed E-state index contributed by atoms with van der Waals surface area (Å²) in [4.78, 5) is 35.2. The van der Waals surface area contributed by atoms with E-state index in [1.54, 1.807) is 32.0 Å². The predicted molar refractivity (Wildman–Crippen MR) is 167 cm³/mol. The Morgan fingerprint density at radius 2 is 1.79 bits per heavy atom. The number of para-hydroxylation sites is 1. The van der Waals surface area contributed by atoms with Crippen LogP contribution in [0.15, 0.2) is 71.0 Å². The molecule has 0 radical (unpaired) electrons. The summed E-state index contributed by atoms with van der Waals surface area (Å²) < 4.78 is 22.1. The highest BCUT2D eigenvalue weighted by Crippen LogP contribution is 2.44. The molecule has 2 unspecified atom stereocenters. The van der Waals surface area contributed by atoms with Gasteiger partial charge in [-0.15, -0.1) is 0 Å². The highest BCUT2D eigenvalue weighted by atomic mass is 35.5. The molecule has 3 aromatic rings. The summed E-state index contributed by atoms with van der Waals surface area (Å²) in [6.07, 6.45) is 1.81. The third-order valence-corrected chi connectivity index (χ3v) is 7.91. The topological polar surface area (TPSA) is 108 Å². The predicted octanol–water partition coefficient (Wildman–Crippen LogP) is 5.53. The van der Waals surface area contributed by atoms with E-state index in [1.807, 2.05) is 30.5 Å².